The van der Waals surface area contributed by atoms with Crippen molar-refractivity contribution in [1.82, 2.24) is 9.29 Å². The van der Waals surface area contributed by atoms with Gasteiger partial charge in [0.15, 0.2) is 0 Å². The highest BCUT2D eigenvalue weighted by Gasteiger charge is 2.27. The smallest absolute Gasteiger partial charge is 0.245 e. The van der Waals surface area contributed by atoms with Gasteiger partial charge in [-0.3, -0.25) is 4.98 Å². The van der Waals surface area contributed by atoms with E-state index in [-0.39, 0.29) is 24.6 Å². The van der Waals surface area contributed by atoms with Crippen LogP contribution in [0.25, 0.3) is 10.9 Å². The molecule has 0 amide bonds. The van der Waals surface area contributed by atoms with Crippen LogP contribution in [-0.2, 0) is 21.3 Å². The maximum atomic E-state index is 13.3. The van der Waals surface area contributed by atoms with Gasteiger partial charge >= 0.3 is 0 Å². The maximum Gasteiger partial charge on any atom is 0.245 e. The minimum Gasteiger partial charge on any atom is -0.465 e. The monoisotopic (exact) mass is 360 g/mol. The molecule has 2 heterocycles. The van der Waals surface area contributed by atoms with Crippen molar-refractivity contribution in [3.05, 3.63) is 60.2 Å². The number of hydrogen-bond donors (Lipinski definition) is 0. The van der Waals surface area contributed by atoms with Gasteiger partial charge in [0.2, 0.25) is 10.0 Å². The number of furan rings is 1. The second-order valence-electron chi connectivity index (χ2n) is 5.68. The van der Waals surface area contributed by atoms with Crippen LogP contribution in [0.1, 0.15) is 11.5 Å². The van der Waals surface area contributed by atoms with Crippen LogP contribution < -0.4 is 0 Å². The van der Waals surface area contributed by atoms with Gasteiger partial charge in [0.25, 0.3) is 0 Å². The topological polar surface area (TPSA) is 72.6 Å². The molecule has 0 spiro atoms. The van der Waals surface area contributed by atoms with Crippen LogP contribution in [-0.4, -0.2) is 38.0 Å². The molecule has 0 aliphatic heterocycles. The predicted molar refractivity (Wildman–Crippen MR) is 94.7 cm³/mol. The number of nitrogens with zero attached hydrogens (tertiary/aromatic N) is 2. The summed E-state index contributed by atoms with van der Waals surface area (Å²) in [5.74, 6) is 1.33. The van der Waals surface area contributed by atoms with Gasteiger partial charge in [0, 0.05) is 25.2 Å². The van der Waals surface area contributed by atoms with Crippen LogP contribution in [0.5, 0.6) is 0 Å². The van der Waals surface area contributed by atoms with Gasteiger partial charge in [-0.2, -0.15) is 4.31 Å². The van der Waals surface area contributed by atoms with Crippen LogP contribution in [0, 0.1) is 6.92 Å². The first-order chi connectivity index (χ1) is 12.0. The molecule has 6 nitrogen and oxygen atoms in total. The molecule has 2 aromatic heterocycles. The second kappa shape index (κ2) is 7.35. The lowest BCUT2D eigenvalue weighted by Crippen LogP contribution is -2.33. The van der Waals surface area contributed by atoms with Crippen molar-refractivity contribution < 1.29 is 17.6 Å². The summed E-state index contributed by atoms with van der Waals surface area (Å²) in [4.78, 5) is 4.45. The first kappa shape index (κ1) is 17.6. The maximum absolute atomic E-state index is 13.3. The summed E-state index contributed by atoms with van der Waals surface area (Å²) >= 11 is 0. The molecular weight excluding hydrogens is 340 g/mol. The highest BCUT2D eigenvalue weighted by molar-refractivity contribution is 7.89. The van der Waals surface area contributed by atoms with Crippen molar-refractivity contribution in [2.24, 2.45) is 0 Å². The highest BCUT2D eigenvalue weighted by Crippen LogP contribution is 2.25. The second-order valence-corrected chi connectivity index (χ2v) is 7.58. The van der Waals surface area contributed by atoms with E-state index >= 15 is 0 Å². The number of aromatic nitrogens is 1. The summed E-state index contributed by atoms with van der Waals surface area (Å²) < 4.78 is 38.5. The minimum absolute atomic E-state index is 0.142. The molecule has 3 rings (SSSR count). The average Bonchev–Trinajstić information content (AvgIpc) is 3.03. The largest absolute Gasteiger partial charge is 0.465 e. The Morgan fingerprint density at radius 3 is 2.68 bits per heavy atom. The molecule has 0 radical (unpaired) electrons. The number of methoxy groups -OCH3 is 1. The molecule has 0 atom stereocenters. The summed E-state index contributed by atoms with van der Waals surface area (Å²) in [6.45, 7) is 2.48. The SMILES string of the molecule is COCCN(Cc1ccc(C)o1)S(=O)(=O)c1cccc2cccnc12. The van der Waals surface area contributed by atoms with Crippen LogP contribution in [0.3, 0.4) is 0 Å². The Morgan fingerprint density at radius 2 is 1.96 bits per heavy atom. The van der Waals surface area contributed by atoms with Gasteiger partial charge in [-0.05, 0) is 31.2 Å². The molecule has 0 unspecified atom stereocenters. The van der Waals surface area contributed by atoms with Gasteiger partial charge in [0.05, 0.1) is 18.7 Å². The third-order valence-corrected chi connectivity index (χ3v) is 5.76. The first-order valence-corrected chi connectivity index (χ1v) is 9.34. The Morgan fingerprint density at radius 1 is 1.16 bits per heavy atom. The van der Waals surface area contributed by atoms with Gasteiger partial charge in [-0.25, -0.2) is 8.42 Å². The molecule has 0 aliphatic rings. The van der Waals surface area contributed by atoms with E-state index in [0.29, 0.717) is 11.3 Å². The van der Waals surface area contributed by atoms with Crippen LogP contribution in [0.2, 0.25) is 0 Å². The molecule has 0 saturated heterocycles. The Balaban J connectivity index is 2.02. The number of hydrogen-bond acceptors (Lipinski definition) is 5. The van der Waals surface area contributed by atoms with Gasteiger partial charge in [0.1, 0.15) is 16.4 Å². The van der Waals surface area contributed by atoms with Gasteiger partial charge in [-0.15, -0.1) is 0 Å². The van der Waals surface area contributed by atoms with Crippen LogP contribution in [0.15, 0.2) is 58.0 Å². The molecule has 25 heavy (non-hydrogen) atoms. The number of benzene rings is 1. The quantitative estimate of drug-likeness (QED) is 0.648. The van der Waals surface area contributed by atoms with Gasteiger partial charge in [-0.1, -0.05) is 18.2 Å². The Kier molecular flexibility index (Phi) is 5.17. The van der Waals surface area contributed by atoms with E-state index in [4.69, 9.17) is 9.15 Å². The standard InChI is InChI=1S/C18H20N2O4S/c1-14-8-9-16(24-14)13-20(11-12-23-2)25(21,22)17-7-3-5-15-6-4-10-19-18(15)17/h3-10H,11-13H2,1-2H3. The molecule has 132 valence electrons. The van der Waals surface area contributed by atoms with E-state index in [2.05, 4.69) is 4.98 Å². The van der Waals surface area contributed by atoms with E-state index in [0.717, 1.165) is 11.1 Å². The van der Waals surface area contributed by atoms with E-state index < -0.39 is 10.0 Å². The minimum atomic E-state index is -3.76. The average molecular weight is 360 g/mol. The van der Waals surface area contributed by atoms with Crippen molar-refractivity contribution in [3.8, 4) is 0 Å². The number of pyridine rings is 1. The zero-order valence-corrected chi connectivity index (χ0v) is 15.0. The Hall–Kier alpha value is -2.22. The van der Waals surface area contributed by atoms with Crippen molar-refractivity contribution >= 4 is 20.9 Å². The van der Waals surface area contributed by atoms with Crippen molar-refractivity contribution in [2.75, 3.05) is 20.3 Å². The molecular formula is C18H20N2O4S. The summed E-state index contributed by atoms with van der Waals surface area (Å²) in [7, 11) is -2.22. The Bertz CT molecular complexity index is 961. The zero-order chi connectivity index (χ0) is 17.9. The molecule has 0 saturated carbocycles. The lowest BCUT2D eigenvalue weighted by Gasteiger charge is -2.21. The van der Waals surface area contributed by atoms with Crippen molar-refractivity contribution in [3.63, 3.8) is 0 Å². The van der Waals surface area contributed by atoms with E-state index in [1.807, 2.05) is 25.1 Å². The number of para-hydroxylation sites is 1. The number of ether oxygens (including phenoxy) is 1. The molecule has 0 N–H and O–H groups in total. The van der Waals surface area contributed by atoms with Crippen molar-refractivity contribution in [1.29, 1.82) is 0 Å². The summed E-state index contributed by atoms with van der Waals surface area (Å²) in [5, 5.41) is 0.782. The van der Waals surface area contributed by atoms with E-state index in [1.54, 1.807) is 37.6 Å². The lowest BCUT2D eigenvalue weighted by atomic mass is 10.2. The van der Waals surface area contributed by atoms with Crippen LogP contribution in [0.4, 0.5) is 0 Å². The van der Waals surface area contributed by atoms with E-state index in [1.165, 1.54) is 4.31 Å². The normalized spacial score (nSPS) is 12.1. The predicted octanol–water partition coefficient (Wildman–Crippen LogP) is 2.97. The van der Waals surface area contributed by atoms with Crippen molar-refractivity contribution in [2.45, 2.75) is 18.4 Å². The molecule has 7 heteroatoms. The zero-order valence-electron chi connectivity index (χ0n) is 14.2. The number of fused-ring (bicyclic) bond motifs is 1. The lowest BCUT2D eigenvalue weighted by molar-refractivity contribution is 0.175. The summed E-state index contributed by atoms with van der Waals surface area (Å²) in [5.41, 5.74) is 0.461. The van der Waals surface area contributed by atoms with Crippen LogP contribution >= 0.6 is 0 Å². The highest BCUT2D eigenvalue weighted by atomic mass is 32.2. The fourth-order valence-corrected chi connectivity index (χ4v) is 4.20. The molecule has 3 aromatic rings. The third-order valence-electron chi connectivity index (χ3n) is 3.89. The number of aryl methyl sites for hydroxylation is 1. The van der Waals surface area contributed by atoms with E-state index in [9.17, 15) is 8.42 Å². The van der Waals surface area contributed by atoms with Gasteiger partial charge < -0.3 is 9.15 Å². The fraction of sp³-hybridized carbons (Fsp3) is 0.278. The summed E-state index contributed by atoms with van der Waals surface area (Å²) in [6.07, 6.45) is 1.59. The molecule has 0 bridgehead atoms. The first-order valence-electron chi connectivity index (χ1n) is 7.90. The number of sulfonamides is 1. The fourth-order valence-electron chi connectivity index (χ4n) is 2.64. The molecule has 0 aliphatic carbocycles. The Labute approximate surface area is 147 Å². The molecule has 0 fully saturated rings. The third kappa shape index (κ3) is 3.73. The number of rotatable bonds is 7. The molecule has 1 aromatic carbocycles. The summed E-state index contributed by atoms with van der Waals surface area (Å²) in [6, 6.07) is 12.4.